The van der Waals surface area contributed by atoms with Crippen LogP contribution in [0.4, 0.5) is 0 Å². The summed E-state index contributed by atoms with van der Waals surface area (Å²) in [5, 5.41) is 12.5. The fourth-order valence-corrected chi connectivity index (χ4v) is 3.75. The molecule has 0 aliphatic heterocycles. The van der Waals surface area contributed by atoms with Gasteiger partial charge in [0.1, 0.15) is 11.2 Å². The molecule has 4 aromatic rings. The fraction of sp³-hybridized carbons (Fsp3) is 0.130. The molecule has 0 amide bonds. The number of rotatable bonds is 5. The smallest absolute Gasteiger partial charge is 0.340 e. The number of nitrogens with one attached hydrogen (secondary N) is 1. The Kier molecular flexibility index (Phi) is 5.30. The molecule has 7 heteroatoms. The van der Waals surface area contributed by atoms with Crippen LogP contribution in [0.1, 0.15) is 21.5 Å². The topological polar surface area (TPSA) is 101 Å². The third kappa shape index (κ3) is 3.35. The van der Waals surface area contributed by atoms with Gasteiger partial charge >= 0.3 is 5.97 Å². The number of H-pyrrole nitrogens is 1. The van der Waals surface area contributed by atoms with Crippen LogP contribution in [0.25, 0.3) is 22.2 Å². The molecule has 30 heavy (non-hydrogen) atoms. The molecular weight excluding hydrogens is 402 g/mol. The molecule has 1 unspecified atom stereocenters. The van der Waals surface area contributed by atoms with Crippen molar-refractivity contribution in [3.63, 3.8) is 0 Å². The van der Waals surface area contributed by atoms with Crippen molar-refractivity contribution in [2.45, 2.75) is 5.60 Å². The number of ether oxygens (including phenoxy) is 1. The van der Waals surface area contributed by atoms with E-state index >= 15 is 0 Å². The minimum Gasteiger partial charge on any atom is -0.465 e. The summed E-state index contributed by atoms with van der Waals surface area (Å²) in [7, 11) is 1.34. The Bertz CT molecular complexity index is 1200. The SMILES string of the molecule is COC(=O)c1c[nH]c2nccc(-c3ccc(C(O)(CN)c4ccc(Cl)cc4)cc3)c12. The Morgan fingerprint density at radius 2 is 1.77 bits per heavy atom. The summed E-state index contributed by atoms with van der Waals surface area (Å²) in [6.07, 6.45) is 3.27. The molecule has 0 saturated carbocycles. The molecule has 4 N–H and O–H groups in total. The number of nitrogens with two attached hydrogens (primary N) is 1. The molecule has 2 aromatic carbocycles. The maximum atomic E-state index is 12.2. The molecule has 0 saturated heterocycles. The first-order valence-electron chi connectivity index (χ1n) is 9.31. The van der Waals surface area contributed by atoms with Gasteiger partial charge in [0.25, 0.3) is 0 Å². The second-order valence-corrected chi connectivity index (χ2v) is 7.36. The summed E-state index contributed by atoms with van der Waals surface area (Å²) < 4.78 is 4.89. The van der Waals surface area contributed by atoms with Gasteiger partial charge in [0.05, 0.1) is 12.7 Å². The summed E-state index contributed by atoms with van der Waals surface area (Å²) in [6.45, 7) is 0.0117. The van der Waals surface area contributed by atoms with Gasteiger partial charge in [-0.2, -0.15) is 0 Å². The first kappa shape index (κ1) is 20.1. The van der Waals surface area contributed by atoms with Crippen molar-refractivity contribution < 1.29 is 14.6 Å². The molecule has 2 aromatic heterocycles. The van der Waals surface area contributed by atoms with Crippen LogP contribution in [0, 0.1) is 0 Å². The van der Waals surface area contributed by atoms with Crippen molar-refractivity contribution in [3.8, 4) is 11.1 Å². The number of carbonyl (C=O) groups excluding carboxylic acids is 1. The van der Waals surface area contributed by atoms with E-state index in [0.29, 0.717) is 32.7 Å². The van der Waals surface area contributed by atoms with E-state index in [-0.39, 0.29) is 6.54 Å². The largest absolute Gasteiger partial charge is 0.465 e. The Morgan fingerprint density at radius 3 is 2.37 bits per heavy atom. The standard InChI is InChI=1S/C23H20ClN3O3/c1-30-22(28)19-12-27-21-20(19)18(10-11-26-21)14-2-4-15(5-3-14)23(29,13-25)16-6-8-17(24)9-7-16/h2-12,29H,13,25H2,1H3,(H,26,27). The number of nitrogens with zero attached hydrogens (tertiary/aromatic N) is 1. The molecule has 2 heterocycles. The lowest BCUT2D eigenvalue weighted by Gasteiger charge is -2.28. The minimum atomic E-state index is -1.35. The number of aromatic nitrogens is 2. The molecule has 4 rings (SSSR count). The van der Waals surface area contributed by atoms with Crippen molar-refractivity contribution >= 4 is 28.6 Å². The number of pyridine rings is 1. The van der Waals surface area contributed by atoms with E-state index < -0.39 is 11.6 Å². The number of hydrogen-bond acceptors (Lipinski definition) is 5. The Labute approximate surface area is 178 Å². The van der Waals surface area contributed by atoms with E-state index in [9.17, 15) is 9.90 Å². The predicted octanol–water partition coefficient (Wildman–Crippen LogP) is 3.86. The lowest BCUT2D eigenvalue weighted by Crippen LogP contribution is -2.36. The summed E-state index contributed by atoms with van der Waals surface area (Å²) in [6, 6.07) is 16.2. The molecular formula is C23H20ClN3O3. The number of methoxy groups -OCH3 is 1. The van der Waals surface area contributed by atoms with Crippen LogP contribution in [0.2, 0.25) is 5.02 Å². The first-order valence-corrected chi connectivity index (χ1v) is 9.69. The first-order chi connectivity index (χ1) is 14.5. The van der Waals surface area contributed by atoms with Crippen LogP contribution < -0.4 is 5.73 Å². The number of carbonyl (C=O) groups is 1. The highest BCUT2D eigenvalue weighted by Crippen LogP contribution is 2.34. The molecule has 0 aliphatic carbocycles. The lowest BCUT2D eigenvalue weighted by molar-refractivity contribution is 0.0603. The van der Waals surface area contributed by atoms with E-state index in [1.165, 1.54) is 7.11 Å². The zero-order valence-corrected chi connectivity index (χ0v) is 17.0. The highest BCUT2D eigenvalue weighted by atomic mass is 35.5. The maximum Gasteiger partial charge on any atom is 0.340 e. The van der Waals surface area contributed by atoms with Crippen LogP contribution in [0.5, 0.6) is 0 Å². The number of halogens is 1. The van der Waals surface area contributed by atoms with Gasteiger partial charge in [-0.25, -0.2) is 9.78 Å². The van der Waals surface area contributed by atoms with E-state index in [0.717, 1.165) is 11.1 Å². The molecule has 0 bridgehead atoms. The Balaban J connectivity index is 1.78. The fourth-order valence-electron chi connectivity index (χ4n) is 3.62. The van der Waals surface area contributed by atoms with Crippen molar-refractivity contribution in [1.82, 2.24) is 9.97 Å². The van der Waals surface area contributed by atoms with Gasteiger partial charge in [0.2, 0.25) is 0 Å². The van der Waals surface area contributed by atoms with Gasteiger partial charge in [-0.15, -0.1) is 0 Å². The third-order valence-corrected chi connectivity index (χ3v) is 5.52. The average molecular weight is 422 g/mol. The molecule has 0 aliphatic rings. The second kappa shape index (κ2) is 7.91. The Hall–Kier alpha value is -3.19. The molecule has 152 valence electrons. The van der Waals surface area contributed by atoms with Crippen LogP contribution >= 0.6 is 11.6 Å². The lowest BCUT2D eigenvalue weighted by atomic mass is 9.85. The van der Waals surface area contributed by atoms with Crippen LogP contribution in [0.3, 0.4) is 0 Å². The second-order valence-electron chi connectivity index (χ2n) is 6.92. The number of aliphatic hydroxyl groups is 1. The average Bonchev–Trinajstić information content (AvgIpc) is 3.23. The van der Waals surface area contributed by atoms with Crippen molar-refractivity contribution in [1.29, 1.82) is 0 Å². The molecule has 0 spiro atoms. The van der Waals surface area contributed by atoms with Gasteiger partial charge in [-0.3, -0.25) is 0 Å². The molecule has 1 atom stereocenters. The van der Waals surface area contributed by atoms with Crippen LogP contribution in [-0.4, -0.2) is 34.7 Å². The van der Waals surface area contributed by atoms with Gasteiger partial charge < -0.3 is 20.6 Å². The molecule has 6 nitrogen and oxygen atoms in total. The van der Waals surface area contributed by atoms with Crippen LogP contribution in [0.15, 0.2) is 67.0 Å². The Morgan fingerprint density at radius 1 is 1.13 bits per heavy atom. The number of aromatic amines is 1. The summed E-state index contributed by atoms with van der Waals surface area (Å²) >= 11 is 5.97. The number of esters is 1. The third-order valence-electron chi connectivity index (χ3n) is 5.27. The van der Waals surface area contributed by atoms with Crippen molar-refractivity contribution in [2.75, 3.05) is 13.7 Å². The predicted molar refractivity (Wildman–Crippen MR) is 116 cm³/mol. The zero-order chi connectivity index (χ0) is 21.3. The molecule has 0 fully saturated rings. The summed E-state index contributed by atoms with van der Waals surface area (Å²) in [5.41, 5.74) is 8.62. The van der Waals surface area contributed by atoms with Gasteiger partial charge in [-0.1, -0.05) is 48.0 Å². The summed E-state index contributed by atoms with van der Waals surface area (Å²) in [5.74, 6) is -0.438. The van der Waals surface area contributed by atoms with E-state index in [1.807, 2.05) is 30.3 Å². The van der Waals surface area contributed by atoms with Crippen molar-refractivity contribution in [3.05, 3.63) is 88.7 Å². The molecule has 0 radical (unpaired) electrons. The highest BCUT2D eigenvalue weighted by molar-refractivity contribution is 6.30. The van der Waals surface area contributed by atoms with E-state index in [2.05, 4.69) is 9.97 Å². The summed E-state index contributed by atoms with van der Waals surface area (Å²) in [4.78, 5) is 19.4. The van der Waals surface area contributed by atoms with Gasteiger partial charge in [-0.05, 0) is 40.5 Å². The maximum absolute atomic E-state index is 12.2. The van der Waals surface area contributed by atoms with Gasteiger partial charge in [0, 0.05) is 29.3 Å². The monoisotopic (exact) mass is 421 g/mol. The minimum absolute atomic E-state index is 0.0117. The zero-order valence-electron chi connectivity index (χ0n) is 16.2. The number of hydrogen-bond donors (Lipinski definition) is 3. The van der Waals surface area contributed by atoms with Crippen LogP contribution in [-0.2, 0) is 10.3 Å². The van der Waals surface area contributed by atoms with E-state index in [1.54, 1.807) is 36.7 Å². The quantitative estimate of drug-likeness (QED) is 0.425. The van der Waals surface area contributed by atoms with Gasteiger partial charge in [0.15, 0.2) is 0 Å². The normalized spacial score (nSPS) is 13.2. The highest BCUT2D eigenvalue weighted by Gasteiger charge is 2.30. The number of benzene rings is 2. The number of fused-ring (bicyclic) bond motifs is 1. The van der Waals surface area contributed by atoms with E-state index in [4.69, 9.17) is 22.1 Å². The van der Waals surface area contributed by atoms with Crippen molar-refractivity contribution in [2.24, 2.45) is 5.73 Å².